The lowest BCUT2D eigenvalue weighted by molar-refractivity contribution is -0.122. The van der Waals surface area contributed by atoms with E-state index >= 15 is 0 Å². The van der Waals surface area contributed by atoms with Gasteiger partial charge < -0.3 is 24.4 Å². The number of methoxy groups -OCH3 is 3. The zero-order valence-corrected chi connectivity index (χ0v) is 17.4. The Morgan fingerprint density at radius 3 is 2.21 bits per heavy atom. The van der Waals surface area contributed by atoms with Crippen LogP contribution in [-0.2, 0) is 9.59 Å². The number of carbonyl (C=O) groups is 2. The molecule has 1 heterocycles. The molecule has 1 aliphatic heterocycles. The van der Waals surface area contributed by atoms with E-state index in [4.69, 9.17) is 14.2 Å². The molecule has 29 heavy (non-hydrogen) atoms. The van der Waals surface area contributed by atoms with Gasteiger partial charge in [-0.3, -0.25) is 9.59 Å². The lowest BCUT2D eigenvalue weighted by Crippen LogP contribution is -2.28. The topological polar surface area (TPSA) is 77.1 Å². The summed E-state index contributed by atoms with van der Waals surface area (Å²) in [5.74, 6) is 0.619. The van der Waals surface area contributed by atoms with Gasteiger partial charge in [-0.1, -0.05) is 6.07 Å². The highest BCUT2D eigenvalue weighted by molar-refractivity contribution is 6.03. The lowest BCUT2D eigenvalue weighted by Gasteiger charge is -2.18. The Hall–Kier alpha value is -3.22. The third-order valence-electron chi connectivity index (χ3n) is 5.23. The minimum atomic E-state index is -0.441. The number of nitrogens with zero attached hydrogens (tertiary/aromatic N) is 1. The monoisotopic (exact) mass is 398 g/mol. The SMILES string of the molecule is COc1cc(NC(=O)[C@@H]2CC(=O)N(c3ccc(C)c(C)c3)C2)cc(OC)c1OC. The van der Waals surface area contributed by atoms with Crippen molar-refractivity contribution in [2.45, 2.75) is 20.3 Å². The molecule has 1 N–H and O–H groups in total. The fourth-order valence-corrected chi connectivity index (χ4v) is 3.42. The molecule has 3 rings (SSSR count). The standard InChI is InChI=1S/C22H26N2O5/c1-13-6-7-17(8-14(13)2)24-12-15(9-20(24)25)22(26)23-16-10-18(27-3)21(29-5)19(11-16)28-4/h6-8,10-11,15H,9,12H2,1-5H3,(H,23,26)/t15-/m1/s1. The van der Waals surface area contributed by atoms with Gasteiger partial charge in [0.2, 0.25) is 17.6 Å². The van der Waals surface area contributed by atoms with Crippen LogP contribution < -0.4 is 24.4 Å². The smallest absolute Gasteiger partial charge is 0.229 e. The first-order chi connectivity index (χ1) is 13.9. The number of nitrogens with one attached hydrogen (secondary N) is 1. The molecule has 1 aliphatic rings. The lowest BCUT2D eigenvalue weighted by atomic mass is 10.1. The molecule has 154 valence electrons. The predicted octanol–water partition coefficient (Wildman–Crippen LogP) is 3.32. The Morgan fingerprint density at radius 2 is 1.66 bits per heavy atom. The second-order valence-electron chi connectivity index (χ2n) is 7.08. The average Bonchev–Trinajstić information content (AvgIpc) is 3.11. The van der Waals surface area contributed by atoms with Crippen molar-refractivity contribution in [2.75, 3.05) is 38.1 Å². The number of hydrogen-bond acceptors (Lipinski definition) is 5. The summed E-state index contributed by atoms with van der Waals surface area (Å²) in [5.41, 5.74) is 3.61. The van der Waals surface area contributed by atoms with Crippen LogP contribution in [0.4, 0.5) is 11.4 Å². The second-order valence-corrected chi connectivity index (χ2v) is 7.08. The van der Waals surface area contributed by atoms with Crippen molar-refractivity contribution >= 4 is 23.2 Å². The van der Waals surface area contributed by atoms with Crippen LogP contribution >= 0.6 is 0 Å². The Kier molecular flexibility index (Phi) is 5.96. The number of anilines is 2. The van der Waals surface area contributed by atoms with Crippen molar-refractivity contribution in [2.24, 2.45) is 5.92 Å². The maximum absolute atomic E-state index is 12.8. The van der Waals surface area contributed by atoms with Gasteiger partial charge in [0.05, 0.1) is 27.2 Å². The number of aryl methyl sites for hydroxylation is 2. The van der Waals surface area contributed by atoms with Crippen LogP contribution in [0.3, 0.4) is 0 Å². The van der Waals surface area contributed by atoms with Gasteiger partial charge in [-0.15, -0.1) is 0 Å². The van der Waals surface area contributed by atoms with Gasteiger partial charge in [0.25, 0.3) is 0 Å². The van der Waals surface area contributed by atoms with E-state index in [2.05, 4.69) is 5.32 Å². The van der Waals surface area contributed by atoms with Crippen molar-refractivity contribution in [3.8, 4) is 17.2 Å². The number of benzene rings is 2. The van der Waals surface area contributed by atoms with Crippen LogP contribution in [-0.4, -0.2) is 39.7 Å². The van der Waals surface area contributed by atoms with Crippen LogP contribution in [0.25, 0.3) is 0 Å². The van der Waals surface area contributed by atoms with Crippen LogP contribution in [0.15, 0.2) is 30.3 Å². The molecule has 0 bridgehead atoms. The molecule has 0 aliphatic carbocycles. The molecular weight excluding hydrogens is 372 g/mol. The fourth-order valence-electron chi connectivity index (χ4n) is 3.42. The Labute approximate surface area is 170 Å². The summed E-state index contributed by atoms with van der Waals surface area (Å²) in [6, 6.07) is 9.21. The Balaban J connectivity index is 1.76. The van der Waals surface area contributed by atoms with E-state index in [1.54, 1.807) is 17.0 Å². The first kappa shape index (κ1) is 20.5. The van der Waals surface area contributed by atoms with Crippen LogP contribution in [0, 0.1) is 19.8 Å². The molecule has 0 spiro atoms. The molecular formula is C22H26N2O5. The van der Waals surface area contributed by atoms with Crippen molar-refractivity contribution in [1.29, 1.82) is 0 Å². The number of ether oxygens (including phenoxy) is 3. The Morgan fingerprint density at radius 1 is 1.00 bits per heavy atom. The van der Waals surface area contributed by atoms with E-state index in [-0.39, 0.29) is 18.2 Å². The first-order valence-electron chi connectivity index (χ1n) is 9.36. The molecule has 1 atom stereocenters. The van der Waals surface area contributed by atoms with Gasteiger partial charge in [0.15, 0.2) is 11.5 Å². The number of hydrogen-bond donors (Lipinski definition) is 1. The minimum Gasteiger partial charge on any atom is -0.493 e. The molecule has 0 unspecified atom stereocenters. The highest BCUT2D eigenvalue weighted by Gasteiger charge is 2.35. The van der Waals surface area contributed by atoms with Gasteiger partial charge in [-0.2, -0.15) is 0 Å². The summed E-state index contributed by atoms with van der Waals surface area (Å²) in [6.07, 6.45) is 0.170. The third kappa shape index (κ3) is 4.13. The molecule has 2 amide bonds. The second kappa shape index (κ2) is 8.43. The number of carbonyl (C=O) groups excluding carboxylic acids is 2. The Bertz CT molecular complexity index is 916. The highest BCUT2D eigenvalue weighted by atomic mass is 16.5. The van der Waals surface area contributed by atoms with Crippen molar-refractivity contribution < 1.29 is 23.8 Å². The van der Waals surface area contributed by atoms with E-state index in [0.29, 0.717) is 29.5 Å². The van der Waals surface area contributed by atoms with Crippen LogP contribution in [0.2, 0.25) is 0 Å². The van der Waals surface area contributed by atoms with Crippen molar-refractivity contribution in [1.82, 2.24) is 0 Å². The molecule has 0 radical (unpaired) electrons. The van der Waals surface area contributed by atoms with Gasteiger partial charge in [0.1, 0.15) is 0 Å². The number of rotatable bonds is 6. The summed E-state index contributed by atoms with van der Waals surface area (Å²) >= 11 is 0. The first-order valence-corrected chi connectivity index (χ1v) is 9.36. The van der Waals surface area contributed by atoms with Crippen molar-refractivity contribution in [3.63, 3.8) is 0 Å². The molecule has 0 aromatic heterocycles. The van der Waals surface area contributed by atoms with Gasteiger partial charge in [-0.05, 0) is 37.1 Å². The average molecular weight is 398 g/mol. The summed E-state index contributed by atoms with van der Waals surface area (Å²) in [5, 5.41) is 2.86. The summed E-state index contributed by atoms with van der Waals surface area (Å²) in [4.78, 5) is 27.0. The zero-order chi connectivity index (χ0) is 21.1. The van der Waals surface area contributed by atoms with Gasteiger partial charge in [-0.25, -0.2) is 0 Å². The summed E-state index contributed by atoms with van der Waals surface area (Å²) in [7, 11) is 4.55. The van der Waals surface area contributed by atoms with Crippen LogP contribution in [0.1, 0.15) is 17.5 Å². The van der Waals surface area contributed by atoms with E-state index < -0.39 is 5.92 Å². The largest absolute Gasteiger partial charge is 0.493 e. The number of amides is 2. The van der Waals surface area contributed by atoms with Crippen LogP contribution in [0.5, 0.6) is 17.2 Å². The zero-order valence-electron chi connectivity index (χ0n) is 17.4. The highest BCUT2D eigenvalue weighted by Crippen LogP contribution is 2.40. The van der Waals surface area contributed by atoms with Gasteiger partial charge in [0, 0.05) is 36.5 Å². The molecule has 1 fully saturated rings. The maximum atomic E-state index is 12.8. The molecule has 2 aromatic carbocycles. The third-order valence-corrected chi connectivity index (χ3v) is 5.23. The van der Waals surface area contributed by atoms with E-state index in [1.165, 1.54) is 21.3 Å². The quantitative estimate of drug-likeness (QED) is 0.808. The molecule has 0 saturated carbocycles. The normalized spacial score (nSPS) is 16.0. The van der Waals surface area contributed by atoms with E-state index in [0.717, 1.165) is 16.8 Å². The predicted molar refractivity (Wildman–Crippen MR) is 111 cm³/mol. The summed E-state index contributed by atoms with van der Waals surface area (Å²) in [6.45, 7) is 4.38. The van der Waals surface area contributed by atoms with Gasteiger partial charge >= 0.3 is 0 Å². The molecule has 1 saturated heterocycles. The van der Waals surface area contributed by atoms with E-state index in [9.17, 15) is 9.59 Å². The molecule has 7 heteroatoms. The molecule has 2 aromatic rings. The van der Waals surface area contributed by atoms with E-state index in [1.807, 2.05) is 32.0 Å². The summed E-state index contributed by atoms with van der Waals surface area (Å²) < 4.78 is 15.9. The fraction of sp³-hybridized carbons (Fsp3) is 0.364. The molecule has 7 nitrogen and oxygen atoms in total. The minimum absolute atomic E-state index is 0.0571. The maximum Gasteiger partial charge on any atom is 0.229 e. The van der Waals surface area contributed by atoms with Crippen molar-refractivity contribution in [3.05, 3.63) is 41.5 Å².